The van der Waals surface area contributed by atoms with Crippen molar-refractivity contribution < 1.29 is 19.4 Å². The van der Waals surface area contributed by atoms with Crippen molar-refractivity contribution in [3.63, 3.8) is 0 Å². The lowest BCUT2D eigenvalue weighted by Gasteiger charge is -2.47. The molecular formula is C17H30N2O4. The van der Waals surface area contributed by atoms with E-state index in [0.29, 0.717) is 26.3 Å². The quantitative estimate of drug-likeness (QED) is 0.772. The van der Waals surface area contributed by atoms with E-state index >= 15 is 0 Å². The minimum absolute atomic E-state index is 0.0115. The predicted molar refractivity (Wildman–Crippen MR) is 86.0 cm³/mol. The lowest BCUT2D eigenvalue weighted by atomic mass is 9.92. The standard InChI is InChI=1S/C17H30N2O4/c1-16(2)11-22-17(23-12-16)7-9-19(10-8-17)15(21)18-13-3-5-14(20)6-4-13/h13-14,20H,3-12H2,1-2H3,(H,18,21). The number of carbonyl (C=O) groups is 1. The Kier molecular flexibility index (Phi) is 4.85. The molecule has 1 aliphatic carbocycles. The number of hydrogen-bond acceptors (Lipinski definition) is 4. The number of nitrogens with one attached hydrogen (secondary N) is 1. The summed E-state index contributed by atoms with van der Waals surface area (Å²) >= 11 is 0. The molecule has 132 valence electrons. The van der Waals surface area contributed by atoms with E-state index in [4.69, 9.17) is 9.47 Å². The summed E-state index contributed by atoms with van der Waals surface area (Å²) in [6, 6.07) is 0.210. The molecule has 2 aliphatic heterocycles. The predicted octanol–water partition coefficient (Wildman–Crippen LogP) is 1.86. The Labute approximate surface area is 138 Å². The molecule has 3 rings (SSSR count). The van der Waals surface area contributed by atoms with Crippen LogP contribution in [0.5, 0.6) is 0 Å². The van der Waals surface area contributed by atoms with Crippen LogP contribution in [0.4, 0.5) is 4.79 Å². The number of piperidine rings is 1. The molecule has 2 saturated heterocycles. The average molecular weight is 326 g/mol. The van der Waals surface area contributed by atoms with Gasteiger partial charge in [0.05, 0.1) is 19.3 Å². The summed E-state index contributed by atoms with van der Waals surface area (Å²) in [7, 11) is 0. The van der Waals surface area contributed by atoms with Crippen LogP contribution in [0, 0.1) is 5.41 Å². The Bertz CT molecular complexity index is 412. The first-order valence-corrected chi connectivity index (χ1v) is 8.89. The largest absolute Gasteiger partial charge is 0.393 e. The second-order valence-electron chi connectivity index (χ2n) is 8.09. The van der Waals surface area contributed by atoms with Gasteiger partial charge in [-0.1, -0.05) is 13.8 Å². The number of amides is 2. The topological polar surface area (TPSA) is 71.0 Å². The normalized spacial score (nSPS) is 33.4. The number of carbonyl (C=O) groups excluding carboxylic acids is 1. The SMILES string of the molecule is CC1(C)COC2(CCN(C(=O)NC3CCC(O)CC3)CC2)OC1. The second kappa shape index (κ2) is 6.57. The highest BCUT2D eigenvalue weighted by Gasteiger charge is 2.43. The van der Waals surface area contributed by atoms with Gasteiger partial charge < -0.3 is 24.8 Å². The zero-order chi connectivity index (χ0) is 16.5. The summed E-state index contributed by atoms with van der Waals surface area (Å²) in [6.07, 6.45) is 4.58. The lowest BCUT2D eigenvalue weighted by molar-refractivity contribution is -0.311. The van der Waals surface area contributed by atoms with Gasteiger partial charge in [0.25, 0.3) is 0 Å². The van der Waals surface area contributed by atoms with Crippen LogP contribution in [-0.2, 0) is 9.47 Å². The van der Waals surface area contributed by atoms with E-state index in [1.165, 1.54) is 0 Å². The van der Waals surface area contributed by atoms with Crippen LogP contribution in [-0.4, -0.2) is 60.3 Å². The summed E-state index contributed by atoms with van der Waals surface area (Å²) in [6.45, 7) is 7.05. The van der Waals surface area contributed by atoms with Crippen molar-refractivity contribution in [1.82, 2.24) is 10.2 Å². The Balaban J connectivity index is 1.44. The molecule has 0 aromatic carbocycles. The van der Waals surface area contributed by atoms with Gasteiger partial charge in [0.1, 0.15) is 0 Å². The molecule has 2 N–H and O–H groups in total. The number of urea groups is 1. The van der Waals surface area contributed by atoms with Gasteiger partial charge in [-0.2, -0.15) is 0 Å². The fourth-order valence-electron chi connectivity index (χ4n) is 3.56. The minimum Gasteiger partial charge on any atom is -0.393 e. The third kappa shape index (κ3) is 4.17. The van der Waals surface area contributed by atoms with Crippen molar-refractivity contribution in [3.8, 4) is 0 Å². The molecule has 1 spiro atoms. The van der Waals surface area contributed by atoms with E-state index in [1.807, 2.05) is 4.90 Å². The molecule has 0 aromatic heterocycles. The Morgan fingerprint density at radius 2 is 1.65 bits per heavy atom. The van der Waals surface area contributed by atoms with Crippen LogP contribution in [0.3, 0.4) is 0 Å². The van der Waals surface area contributed by atoms with Crippen LogP contribution in [0.2, 0.25) is 0 Å². The van der Waals surface area contributed by atoms with Crippen LogP contribution in [0.15, 0.2) is 0 Å². The first-order chi connectivity index (χ1) is 10.9. The van der Waals surface area contributed by atoms with E-state index in [0.717, 1.165) is 38.5 Å². The molecule has 1 saturated carbocycles. The van der Waals surface area contributed by atoms with E-state index < -0.39 is 5.79 Å². The van der Waals surface area contributed by atoms with Gasteiger partial charge in [-0.15, -0.1) is 0 Å². The Morgan fingerprint density at radius 1 is 1.09 bits per heavy atom. The van der Waals surface area contributed by atoms with Gasteiger partial charge in [0.2, 0.25) is 0 Å². The maximum atomic E-state index is 12.4. The van der Waals surface area contributed by atoms with Gasteiger partial charge in [-0.05, 0) is 25.7 Å². The van der Waals surface area contributed by atoms with Gasteiger partial charge in [-0.25, -0.2) is 4.79 Å². The van der Waals surface area contributed by atoms with Gasteiger partial charge >= 0.3 is 6.03 Å². The monoisotopic (exact) mass is 326 g/mol. The first-order valence-electron chi connectivity index (χ1n) is 8.89. The maximum Gasteiger partial charge on any atom is 0.317 e. The van der Waals surface area contributed by atoms with E-state index in [2.05, 4.69) is 19.2 Å². The van der Waals surface area contributed by atoms with Crippen LogP contribution in [0.25, 0.3) is 0 Å². The molecule has 6 nitrogen and oxygen atoms in total. The van der Waals surface area contributed by atoms with E-state index in [1.54, 1.807) is 0 Å². The van der Waals surface area contributed by atoms with Crippen molar-refractivity contribution in [1.29, 1.82) is 0 Å². The van der Waals surface area contributed by atoms with Crippen LogP contribution in [0.1, 0.15) is 52.4 Å². The highest BCUT2D eigenvalue weighted by molar-refractivity contribution is 5.74. The van der Waals surface area contributed by atoms with Crippen LogP contribution < -0.4 is 5.32 Å². The third-order valence-corrected chi connectivity index (χ3v) is 5.29. The van der Waals surface area contributed by atoms with Crippen molar-refractivity contribution >= 4 is 6.03 Å². The molecular weight excluding hydrogens is 296 g/mol. The number of aliphatic hydroxyl groups excluding tert-OH is 1. The zero-order valence-electron chi connectivity index (χ0n) is 14.3. The second-order valence-corrected chi connectivity index (χ2v) is 8.09. The van der Waals surface area contributed by atoms with Gasteiger partial charge in [0, 0.05) is 37.4 Å². The highest BCUT2D eigenvalue weighted by Crippen LogP contribution is 2.36. The van der Waals surface area contributed by atoms with Crippen molar-refractivity contribution in [2.75, 3.05) is 26.3 Å². The fourth-order valence-corrected chi connectivity index (χ4v) is 3.56. The van der Waals surface area contributed by atoms with Crippen LogP contribution >= 0.6 is 0 Å². The highest BCUT2D eigenvalue weighted by atomic mass is 16.7. The third-order valence-electron chi connectivity index (χ3n) is 5.29. The van der Waals surface area contributed by atoms with Crippen molar-refractivity contribution in [3.05, 3.63) is 0 Å². The molecule has 6 heteroatoms. The molecule has 0 radical (unpaired) electrons. The smallest absolute Gasteiger partial charge is 0.317 e. The molecule has 0 atom stereocenters. The zero-order valence-corrected chi connectivity index (χ0v) is 14.3. The Hall–Kier alpha value is -0.850. The minimum atomic E-state index is -0.485. The molecule has 2 amide bonds. The molecule has 3 fully saturated rings. The van der Waals surface area contributed by atoms with E-state index in [-0.39, 0.29) is 23.6 Å². The van der Waals surface area contributed by atoms with E-state index in [9.17, 15) is 9.90 Å². The molecule has 0 aromatic rings. The molecule has 0 bridgehead atoms. The summed E-state index contributed by atoms with van der Waals surface area (Å²) in [5, 5.41) is 12.6. The number of hydrogen-bond donors (Lipinski definition) is 2. The summed E-state index contributed by atoms with van der Waals surface area (Å²) in [4.78, 5) is 14.3. The molecule has 0 unspecified atom stereocenters. The first kappa shape index (κ1) is 17.0. The number of rotatable bonds is 1. The maximum absolute atomic E-state index is 12.4. The molecule has 3 aliphatic rings. The van der Waals surface area contributed by atoms with Crippen molar-refractivity contribution in [2.24, 2.45) is 5.41 Å². The number of ether oxygens (including phenoxy) is 2. The number of aliphatic hydroxyl groups is 1. The van der Waals surface area contributed by atoms with Gasteiger partial charge in [-0.3, -0.25) is 0 Å². The molecule has 23 heavy (non-hydrogen) atoms. The summed E-state index contributed by atoms with van der Waals surface area (Å²) in [5.74, 6) is -0.485. The average Bonchev–Trinajstić information content (AvgIpc) is 2.54. The summed E-state index contributed by atoms with van der Waals surface area (Å²) < 4.78 is 12.0. The fraction of sp³-hybridized carbons (Fsp3) is 0.941. The Morgan fingerprint density at radius 3 is 2.22 bits per heavy atom. The lowest BCUT2D eigenvalue weighted by Crippen LogP contribution is -2.56. The molecule has 2 heterocycles. The number of likely N-dealkylation sites (tertiary alicyclic amines) is 1. The van der Waals surface area contributed by atoms with Gasteiger partial charge in [0.15, 0.2) is 5.79 Å². The number of nitrogens with zero attached hydrogens (tertiary/aromatic N) is 1. The van der Waals surface area contributed by atoms with Crippen molar-refractivity contribution in [2.45, 2.75) is 70.3 Å². The summed E-state index contributed by atoms with van der Waals surface area (Å²) in [5.41, 5.74) is 0.0747.